The lowest BCUT2D eigenvalue weighted by Crippen LogP contribution is -2.23. The van der Waals surface area contributed by atoms with Gasteiger partial charge in [-0.2, -0.15) is 5.10 Å². The number of hydrogen-bond donors (Lipinski definition) is 2. The summed E-state index contributed by atoms with van der Waals surface area (Å²) in [6.45, 7) is 7.98. The summed E-state index contributed by atoms with van der Waals surface area (Å²) in [6.07, 6.45) is 0.958. The lowest BCUT2D eigenvalue weighted by atomic mass is 10.0. The quantitative estimate of drug-likeness (QED) is 0.874. The highest BCUT2D eigenvalue weighted by atomic mass is 16.2. The minimum absolute atomic E-state index is 0.185. The van der Waals surface area contributed by atoms with Gasteiger partial charge in [0.25, 0.3) is 11.5 Å². The summed E-state index contributed by atoms with van der Waals surface area (Å²) in [5.74, 6) is 1.18. The Balaban J connectivity index is 1.58. The molecular weight excluding hydrogens is 316 g/mol. The van der Waals surface area contributed by atoms with Gasteiger partial charge in [-0.25, -0.2) is 5.10 Å². The number of nitrogens with zero attached hydrogens (tertiary/aromatic N) is 2. The Labute approximate surface area is 147 Å². The second-order valence-corrected chi connectivity index (χ2v) is 6.93. The van der Waals surface area contributed by atoms with Crippen LogP contribution in [0.3, 0.4) is 0 Å². The number of nitrogens with one attached hydrogen (secondary N) is 2. The van der Waals surface area contributed by atoms with Crippen molar-refractivity contribution in [3.05, 3.63) is 58.0 Å². The maximum atomic E-state index is 12.2. The number of hydrogen-bond acceptors (Lipinski definition) is 4. The summed E-state index contributed by atoms with van der Waals surface area (Å²) < 4.78 is 0. The Morgan fingerprint density at radius 1 is 1.24 bits per heavy atom. The zero-order valence-electron chi connectivity index (χ0n) is 14.7. The molecule has 2 atom stereocenters. The monoisotopic (exact) mass is 340 g/mol. The molecule has 0 unspecified atom stereocenters. The van der Waals surface area contributed by atoms with Gasteiger partial charge in [0.05, 0.1) is 0 Å². The van der Waals surface area contributed by atoms with Crippen molar-refractivity contribution in [2.24, 2.45) is 11.8 Å². The Hall–Kier alpha value is -2.47. The van der Waals surface area contributed by atoms with Gasteiger partial charge in [-0.3, -0.25) is 9.59 Å². The lowest BCUT2D eigenvalue weighted by molar-refractivity contribution is 0.102. The summed E-state index contributed by atoms with van der Waals surface area (Å²) >= 11 is 0. The van der Waals surface area contributed by atoms with Gasteiger partial charge in [0.1, 0.15) is 5.69 Å². The molecule has 3 rings (SSSR count). The van der Waals surface area contributed by atoms with Crippen molar-refractivity contribution < 1.29 is 4.79 Å². The van der Waals surface area contributed by atoms with Gasteiger partial charge >= 0.3 is 0 Å². The average Bonchev–Trinajstić information content (AvgIpc) is 2.92. The third-order valence-electron chi connectivity index (χ3n) is 4.88. The number of aromatic amines is 1. The molecule has 1 aromatic carbocycles. The van der Waals surface area contributed by atoms with Gasteiger partial charge < -0.3 is 10.2 Å². The van der Waals surface area contributed by atoms with Crippen molar-refractivity contribution in [2.75, 3.05) is 25.0 Å². The third-order valence-corrected chi connectivity index (χ3v) is 4.88. The first-order valence-electron chi connectivity index (χ1n) is 8.69. The predicted molar refractivity (Wildman–Crippen MR) is 97.7 cm³/mol. The number of H-pyrrole nitrogens is 1. The minimum Gasteiger partial charge on any atom is -0.321 e. The molecular formula is C19H24N4O2. The number of benzene rings is 1. The van der Waals surface area contributed by atoms with E-state index in [2.05, 4.69) is 40.3 Å². The molecule has 6 heteroatoms. The molecule has 1 amide bonds. The maximum absolute atomic E-state index is 12.2. The fourth-order valence-corrected chi connectivity index (χ4v) is 3.19. The number of carbonyl (C=O) groups is 1. The number of anilines is 1. The molecule has 2 N–H and O–H groups in total. The van der Waals surface area contributed by atoms with Gasteiger partial charge in [0.15, 0.2) is 0 Å². The van der Waals surface area contributed by atoms with Crippen LogP contribution in [0.4, 0.5) is 5.69 Å². The Kier molecular flexibility index (Phi) is 5.28. The smallest absolute Gasteiger partial charge is 0.276 e. The molecule has 25 heavy (non-hydrogen) atoms. The number of rotatable bonds is 5. The summed E-state index contributed by atoms with van der Waals surface area (Å²) in [4.78, 5) is 25.7. The van der Waals surface area contributed by atoms with Gasteiger partial charge in [0.2, 0.25) is 0 Å². The molecule has 0 aliphatic carbocycles. The molecule has 1 fully saturated rings. The van der Waals surface area contributed by atoms with Crippen molar-refractivity contribution >= 4 is 11.6 Å². The van der Waals surface area contributed by atoms with E-state index in [1.54, 1.807) is 0 Å². The lowest BCUT2D eigenvalue weighted by Gasteiger charge is -2.15. The average molecular weight is 340 g/mol. The number of aromatic nitrogens is 2. The van der Waals surface area contributed by atoms with Gasteiger partial charge in [0, 0.05) is 31.4 Å². The van der Waals surface area contributed by atoms with E-state index in [9.17, 15) is 9.59 Å². The van der Waals surface area contributed by atoms with E-state index >= 15 is 0 Å². The molecule has 0 saturated carbocycles. The fourth-order valence-electron chi connectivity index (χ4n) is 3.19. The molecule has 1 aliphatic rings. The molecule has 132 valence electrons. The van der Waals surface area contributed by atoms with Crippen LogP contribution in [0.15, 0.2) is 41.2 Å². The van der Waals surface area contributed by atoms with Crippen molar-refractivity contribution in [1.29, 1.82) is 0 Å². The first-order chi connectivity index (χ1) is 12.0. The standard InChI is InChI=1S/C19H24N4O2/c1-13-11-23(12-14(13)2)9-8-15-4-3-5-16(10-15)20-19(25)17-6-7-18(24)22-21-17/h3-7,10,13-14H,8-9,11-12H2,1-2H3,(H,20,25)(H,22,24)/t13-,14+. The highest BCUT2D eigenvalue weighted by Crippen LogP contribution is 2.22. The fraction of sp³-hybridized carbons (Fsp3) is 0.421. The zero-order chi connectivity index (χ0) is 17.8. The van der Waals surface area contributed by atoms with Crippen molar-refractivity contribution in [3.8, 4) is 0 Å². The second-order valence-electron chi connectivity index (χ2n) is 6.93. The Bertz CT molecular complexity index is 772. The van der Waals surface area contributed by atoms with Gasteiger partial charge in [-0.15, -0.1) is 0 Å². The van der Waals surface area contributed by atoms with E-state index in [-0.39, 0.29) is 17.2 Å². The van der Waals surface area contributed by atoms with E-state index in [0.29, 0.717) is 0 Å². The number of amides is 1. The van der Waals surface area contributed by atoms with Crippen molar-refractivity contribution in [1.82, 2.24) is 15.1 Å². The molecule has 6 nitrogen and oxygen atoms in total. The van der Waals surface area contributed by atoms with E-state index in [1.807, 2.05) is 18.2 Å². The summed E-state index contributed by atoms with van der Waals surface area (Å²) in [5, 5.41) is 8.83. The van der Waals surface area contributed by atoms with Crippen LogP contribution in [0.1, 0.15) is 29.9 Å². The van der Waals surface area contributed by atoms with Crippen LogP contribution in [0, 0.1) is 11.8 Å². The summed E-state index contributed by atoms with van der Waals surface area (Å²) in [7, 11) is 0. The third kappa shape index (κ3) is 4.54. The van der Waals surface area contributed by atoms with E-state index in [0.717, 1.165) is 43.6 Å². The highest BCUT2D eigenvalue weighted by Gasteiger charge is 2.25. The minimum atomic E-state index is -0.337. The summed E-state index contributed by atoms with van der Waals surface area (Å²) in [5.41, 5.74) is 1.78. The SMILES string of the molecule is C[C@@H]1CN(CCc2cccc(NC(=O)c3ccc(=O)[nH]n3)c2)C[C@@H]1C. The highest BCUT2D eigenvalue weighted by molar-refractivity contribution is 6.02. The van der Waals surface area contributed by atoms with Crippen LogP contribution in [-0.2, 0) is 6.42 Å². The van der Waals surface area contributed by atoms with E-state index < -0.39 is 0 Å². The maximum Gasteiger partial charge on any atom is 0.276 e. The first-order valence-corrected chi connectivity index (χ1v) is 8.69. The van der Waals surface area contributed by atoms with Crippen molar-refractivity contribution in [3.63, 3.8) is 0 Å². The molecule has 0 radical (unpaired) electrons. The van der Waals surface area contributed by atoms with Crippen LogP contribution in [0.2, 0.25) is 0 Å². The number of likely N-dealkylation sites (tertiary alicyclic amines) is 1. The van der Waals surface area contributed by atoms with Crippen LogP contribution in [0.25, 0.3) is 0 Å². The molecule has 1 saturated heterocycles. The predicted octanol–water partition coefficient (Wildman–Crippen LogP) is 2.15. The molecule has 0 bridgehead atoms. The Morgan fingerprint density at radius 2 is 2.00 bits per heavy atom. The molecule has 0 spiro atoms. The van der Waals surface area contributed by atoms with E-state index in [1.165, 1.54) is 17.7 Å². The van der Waals surface area contributed by atoms with Gasteiger partial charge in [-0.1, -0.05) is 26.0 Å². The van der Waals surface area contributed by atoms with Crippen LogP contribution in [0.5, 0.6) is 0 Å². The van der Waals surface area contributed by atoms with Gasteiger partial charge in [-0.05, 0) is 42.0 Å². The first kappa shape index (κ1) is 17.4. The van der Waals surface area contributed by atoms with Crippen LogP contribution in [-0.4, -0.2) is 40.6 Å². The largest absolute Gasteiger partial charge is 0.321 e. The zero-order valence-corrected chi connectivity index (χ0v) is 14.7. The summed E-state index contributed by atoms with van der Waals surface area (Å²) in [6, 6.07) is 10.6. The van der Waals surface area contributed by atoms with Crippen LogP contribution >= 0.6 is 0 Å². The topological polar surface area (TPSA) is 78.1 Å². The second kappa shape index (κ2) is 7.61. The molecule has 1 aliphatic heterocycles. The molecule has 1 aromatic heterocycles. The molecule has 2 heterocycles. The number of carbonyl (C=O) groups excluding carboxylic acids is 1. The van der Waals surface area contributed by atoms with Crippen molar-refractivity contribution in [2.45, 2.75) is 20.3 Å². The van der Waals surface area contributed by atoms with Crippen LogP contribution < -0.4 is 10.9 Å². The van der Waals surface area contributed by atoms with E-state index in [4.69, 9.17) is 0 Å². The Morgan fingerprint density at radius 3 is 2.68 bits per heavy atom. The molecule has 2 aromatic rings. The normalized spacial score (nSPS) is 20.6.